The molecule has 1 atom stereocenters. The van der Waals surface area contributed by atoms with Gasteiger partial charge in [0, 0.05) is 18.8 Å². The van der Waals surface area contributed by atoms with Crippen molar-refractivity contribution in [3.63, 3.8) is 0 Å². The van der Waals surface area contributed by atoms with E-state index in [4.69, 9.17) is 4.42 Å². The Bertz CT molecular complexity index is 1280. The van der Waals surface area contributed by atoms with E-state index in [2.05, 4.69) is 10.0 Å². The quantitative estimate of drug-likeness (QED) is 0.554. The molecule has 1 aromatic heterocycles. The molecule has 2 aromatic carbocycles. The number of amides is 2. The maximum atomic E-state index is 12.8. The first-order valence-electron chi connectivity index (χ1n) is 10.3. The van der Waals surface area contributed by atoms with Crippen LogP contribution in [-0.4, -0.2) is 25.1 Å². The molecule has 0 saturated carbocycles. The van der Waals surface area contributed by atoms with Gasteiger partial charge in [-0.2, -0.15) is 0 Å². The van der Waals surface area contributed by atoms with E-state index in [-0.39, 0.29) is 29.7 Å². The number of furan rings is 1. The summed E-state index contributed by atoms with van der Waals surface area (Å²) >= 11 is 0. The first-order valence-corrected chi connectivity index (χ1v) is 11.8. The fourth-order valence-corrected chi connectivity index (χ4v) is 4.67. The van der Waals surface area contributed by atoms with E-state index in [9.17, 15) is 18.0 Å². The summed E-state index contributed by atoms with van der Waals surface area (Å²) in [7, 11) is -3.73. The molecular formula is C24H23N3O5S. The van der Waals surface area contributed by atoms with E-state index in [1.807, 2.05) is 30.3 Å². The van der Waals surface area contributed by atoms with Crippen LogP contribution < -0.4 is 10.0 Å². The van der Waals surface area contributed by atoms with Gasteiger partial charge < -0.3 is 14.6 Å². The van der Waals surface area contributed by atoms with Crippen LogP contribution in [0.5, 0.6) is 0 Å². The lowest BCUT2D eigenvalue weighted by molar-refractivity contribution is -0.129. The number of rotatable bonds is 7. The largest absolute Gasteiger partial charge is 0.468 e. The SMILES string of the molecule is CC(=O)N1C=Cc2ccccc2[C@@H]1CC(=O)Nc1ccc(S(=O)(=O)NCc2ccco2)cc1. The lowest BCUT2D eigenvalue weighted by Crippen LogP contribution is -2.33. The van der Waals surface area contributed by atoms with Gasteiger partial charge in [0.25, 0.3) is 0 Å². The van der Waals surface area contributed by atoms with Crippen LogP contribution in [0.4, 0.5) is 5.69 Å². The molecule has 0 fully saturated rings. The van der Waals surface area contributed by atoms with E-state index in [0.29, 0.717) is 11.4 Å². The van der Waals surface area contributed by atoms with Crippen LogP contribution in [0.2, 0.25) is 0 Å². The number of hydrogen-bond acceptors (Lipinski definition) is 5. The minimum Gasteiger partial charge on any atom is -0.468 e. The molecule has 1 aliphatic rings. The molecular weight excluding hydrogens is 442 g/mol. The van der Waals surface area contributed by atoms with Crippen molar-refractivity contribution in [2.24, 2.45) is 0 Å². The molecule has 0 saturated heterocycles. The summed E-state index contributed by atoms with van der Waals surface area (Å²) in [6, 6.07) is 16.4. The number of carbonyl (C=O) groups is 2. The minimum atomic E-state index is -3.73. The second-order valence-corrected chi connectivity index (χ2v) is 9.33. The van der Waals surface area contributed by atoms with Crippen LogP contribution >= 0.6 is 0 Å². The summed E-state index contributed by atoms with van der Waals surface area (Å²) in [6.45, 7) is 1.50. The zero-order valence-electron chi connectivity index (χ0n) is 17.9. The summed E-state index contributed by atoms with van der Waals surface area (Å²) in [5.41, 5.74) is 2.32. The summed E-state index contributed by atoms with van der Waals surface area (Å²) in [5, 5.41) is 2.78. The molecule has 33 heavy (non-hydrogen) atoms. The number of nitrogens with zero attached hydrogens (tertiary/aromatic N) is 1. The Morgan fingerprint density at radius 1 is 1.03 bits per heavy atom. The summed E-state index contributed by atoms with van der Waals surface area (Å²) in [4.78, 5) is 26.5. The minimum absolute atomic E-state index is 0.0395. The fraction of sp³-hybridized carbons (Fsp3) is 0.167. The van der Waals surface area contributed by atoms with Crippen LogP contribution in [0, 0.1) is 0 Å². The topological polar surface area (TPSA) is 109 Å². The maximum Gasteiger partial charge on any atom is 0.240 e. The number of sulfonamides is 1. The van der Waals surface area contributed by atoms with Crippen LogP contribution in [0.25, 0.3) is 6.08 Å². The van der Waals surface area contributed by atoms with Crippen LogP contribution in [-0.2, 0) is 26.2 Å². The fourth-order valence-electron chi connectivity index (χ4n) is 3.68. The van der Waals surface area contributed by atoms with Gasteiger partial charge >= 0.3 is 0 Å². The number of carbonyl (C=O) groups excluding carboxylic acids is 2. The molecule has 2 amide bonds. The molecule has 0 unspecified atom stereocenters. The average molecular weight is 466 g/mol. The van der Waals surface area contributed by atoms with Crippen molar-refractivity contribution in [1.82, 2.24) is 9.62 Å². The summed E-state index contributed by atoms with van der Waals surface area (Å²) in [5.74, 6) is 0.0549. The second-order valence-electron chi connectivity index (χ2n) is 7.57. The molecule has 0 spiro atoms. The van der Waals surface area contributed by atoms with E-state index in [1.54, 1.807) is 23.2 Å². The van der Waals surface area contributed by atoms with Gasteiger partial charge in [0.1, 0.15) is 5.76 Å². The Balaban J connectivity index is 1.42. The molecule has 0 bridgehead atoms. The molecule has 2 N–H and O–H groups in total. The first-order chi connectivity index (χ1) is 15.8. The van der Waals surface area contributed by atoms with Crippen molar-refractivity contribution >= 4 is 33.6 Å². The van der Waals surface area contributed by atoms with Crippen molar-refractivity contribution < 1.29 is 22.4 Å². The highest BCUT2D eigenvalue weighted by atomic mass is 32.2. The van der Waals surface area contributed by atoms with Crippen molar-refractivity contribution in [2.75, 3.05) is 5.32 Å². The first kappa shape index (κ1) is 22.5. The molecule has 0 aliphatic carbocycles. The van der Waals surface area contributed by atoms with Gasteiger partial charge in [-0.3, -0.25) is 9.59 Å². The predicted octanol–water partition coefficient (Wildman–Crippen LogP) is 3.66. The third-order valence-electron chi connectivity index (χ3n) is 5.31. The zero-order chi connectivity index (χ0) is 23.4. The monoisotopic (exact) mass is 465 g/mol. The van der Waals surface area contributed by atoms with Gasteiger partial charge in [-0.15, -0.1) is 0 Å². The standard InChI is InChI=1S/C24H23N3O5S/c1-17(28)27-13-12-18-5-2-3-7-22(18)23(27)15-24(29)26-19-8-10-21(11-9-19)33(30,31)25-16-20-6-4-14-32-20/h2-14,23,25H,15-16H2,1H3,(H,26,29)/t23-/m0/s1. The Labute approximate surface area is 192 Å². The van der Waals surface area contributed by atoms with Gasteiger partial charge in [-0.1, -0.05) is 24.3 Å². The highest BCUT2D eigenvalue weighted by molar-refractivity contribution is 7.89. The van der Waals surface area contributed by atoms with Crippen molar-refractivity contribution in [3.8, 4) is 0 Å². The number of hydrogen-bond donors (Lipinski definition) is 2. The Morgan fingerprint density at radius 2 is 1.79 bits per heavy atom. The lowest BCUT2D eigenvalue weighted by Gasteiger charge is -2.32. The Kier molecular flexibility index (Phi) is 6.43. The third kappa shape index (κ3) is 5.21. The predicted molar refractivity (Wildman–Crippen MR) is 123 cm³/mol. The normalized spacial score (nSPS) is 15.2. The molecule has 4 rings (SSSR count). The van der Waals surface area contributed by atoms with Crippen molar-refractivity contribution in [3.05, 3.63) is 90.0 Å². The van der Waals surface area contributed by atoms with Crippen LogP contribution in [0.3, 0.4) is 0 Å². The van der Waals surface area contributed by atoms with Crippen LogP contribution in [0.1, 0.15) is 36.3 Å². The highest BCUT2D eigenvalue weighted by Gasteiger charge is 2.28. The Morgan fingerprint density at radius 3 is 2.48 bits per heavy atom. The third-order valence-corrected chi connectivity index (χ3v) is 6.73. The number of nitrogens with one attached hydrogen (secondary N) is 2. The van der Waals surface area contributed by atoms with E-state index < -0.39 is 16.1 Å². The number of anilines is 1. The zero-order valence-corrected chi connectivity index (χ0v) is 18.7. The molecule has 9 heteroatoms. The average Bonchev–Trinajstić information content (AvgIpc) is 3.32. The molecule has 1 aliphatic heterocycles. The van der Waals surface area contributed by atoms with Crippen LogP contribution in [0.15, 0.2) is 82.4 Å². The lowest BCUT2D eigenvalue weighted by atomic mass is 9.93. The van der Waals surface area contributed by atoms with Crippen molar-refractivity contribution in [1.29, 1.82) is 0 Å². The summed E-state index contributed by atoms with van der Waals surface area (Å²) in [6.07, 6.45) is 5.08. The van der Waals surface area contributed by atoms with Gasteiger partial charge in [-0.25, -0.2) is 13.1 Å². The van der Waals surface area contributed by atoms with Crippen molar-refractivity contribution in [2.45, 2.75) is 30.8 Å². The number of benzene rings is 2. The van der Waals surface area contributed by atoms with Gasteiger partial charge in [0.2, 0.25) is 21.8 Å². The maximum absolute atomic E-state index is 12.8. The van der Waals surface area contributed by atoms with Gasteiger partial charge in [0.15, 0.2) is 0 Å². The van der Waals surface area contributed by atoms with E-state index in [1.165, 1.54) is 37.5 Å². The molecule has 8 nitrogen and oxygen atoms in total. The molecule has 3 aromatic rings. The van der Waals surface area contributed by atoms with Gasteiger partial charge in [0.05, 0.1) is 30.2 Å². The summed E-state index contributed by atoms with van der Waals surface area (Å²) < 4.78 is 32.5. The molecule has 170 valence electrons. The smallest absolute Gasteiger partial charge is 0.240 e. The van der Waals surface area contributed by atoms with E-state index in [0.717, 1.165) is 11.1 Å². The highest BCUT2D eigenvalue weighted by Crippen LogP contribution is 2.33. The molecule has 2 heterocycles. The Hall–Kier alpha value is -3.69. The van der Waals surface area contributed by atoms with E-state index >= 15 is 0 Å². The second kappa shape index (κ2) is 9.43. The molecule has 0 radical (unpaired) electrons. The number of fused-ring (bicyclic) bond motifs is 1. The van der Waals surface area contributed by atoms with Gasteiger partial charge in [-0.05, 0) is 53.6 Å².